The van der Waals surface area contributed by atoms with Crippen molar-refractivity contribution in [2.75, 3.05) is 11.9 Å². The molecule has 0 N–H and O–H groups in total. The van der Waals surface area contributed by atoms with Gasteiger partial charge >= 0.3 is 6.09 Å². The number of ether oxygens (including phenoxy) is 1. The zero-order valence-electron chi connectivity index (χ0n) is 12.1. The molecule has 5 nitrogen and oxygen atoms in total. The summed E-state index contributed by atoms with van der Waals surface area (Å²) in [5.74, 6) is 0.497. The summed E-state index contributed by atoms with van der Waals surface area (Å²) >= 11 is 0. The molecule has 2 aromatic carbocycles. The zero-order valence-corrected chi connectivity index (χ0v) is 12.1. The lowest BCUT2D eigenvalue weighted by molar-refractivity contribution is 0.209. The lowest BCUT2D eigenvalue weighted by Gasteiger charge is -2.16. The first kappa shape index (κ1) is 13.9. The van der Waals surface area contributed by atoms with E-state index in [0.29, 0.717) is 5.75 Å². The predicted octanol–water partition coefficient (Wildman–Crippen LogP) is 3.51. The van der Waals surface area contributed by atoms with E-state index in [1.165, 1.54) is 4.90 Å². The molecule has 3 rings (SSSR count). The minimum atomic E-state index is -0.429. The van der Waals surface area contributed by atoms with Crippen molar-refractivity contribution in [2.24, 2.45) is 0 Å². The van der Waals surface area contributed by atoms with Crippen LogP contribution in [0.15, 0.2) is 73.3 Å². The van der Waals surface area contributed by atoms with Crippen molar-refractivity contribution in [2.45, 2.75) is 0 Å². The van der Waals surface area contributed by atoms with Crippen molar-refractivity contribution >= 4 is 11.8 Å². The van der Waals surface area contributed by atoms with Gasteiger partial charge < -0.3 is 9.30 Å². The number of benzene rings is 2. The Balaban J connectivity index is 1.69. The highest BCUT2D eigenvalue weighted by atomic mass is 16.6. The molecule has 0 aliphatic rings. The molecule has 0 saturated heterocycles. The number of imidazole rings is 1. The minimum Gasteiger partial charge on any atom is -0.410 e. The molecule has 0 aliphatic carbocycles. The van der Waals surface area contributed by atoms with Gasteiger partial charge in [-0.05, 0) is 36.4 Å². The summed E-state index contributed by atoms with van der Waals surface area (Å²) in [5, 5.41) is 0. The molecule has 0 bridgehead atoms. The summed E-state index contributed by atoms with van der Waals surface area (Å²) in [6, 6.07) is 16.6. The molecule has 0 fully saturated rings. The Labute approximate surface area is 128 Å². The van der Waals surface area contributed by atoms with Gasteiger partial charge in [-0.2, -0.15) is 0 Å². The highest BCUT2D eigenvalue weighted by molar-refractivity contribution is 5.88. The molecule has 110 valence electrons. The number of carbonyl (C=O) groups is 1. The van der Waals surface area contributed by atoms with E-state index < -0.39 is 6.09 Å². The summed E-state index contributed by atoms with van der Waals surface area (Å²) in [6.07, 6.45) is 4.85. The maximum absolute atomic E-state index is 12.1. The number of nitrogens with zero attached hydrogens (tertiary/aromatic N) is 3. The third kappa shape index (κ3) is 2.98. The van der Waals surface area contributed by atoms with Crippen LogP contribution in [-0.4, -0.2) is 22.7 Å². The van der Waals surface area contributed by atoms with E-state index in [2.05, 4.69) is 4.98 Å². The van der Waals surface area contributed by atoms with Crippen LogP contribution in [0.4, 0.5) is 10.5 Å². The van der Waals surface area contributed by atoms with Crippen LogP contribution in [0.3, 0.4) is 0 Å². The molecular weight excluding hydrogens is 278 g/mol. The van der Waals surface area contributed by atoms with E-state index in [1.54, 1.807) is 31.7 Å². The van der Waals surface area contributed by atoms with Gasteiger partial charge in [-0.3, -0.25) is 4.90 Å². The van der Waals surface area contributed by atoms with E-state index in [1.807, 2.05) is 53.2 Å². The molecule has 0 unspecified atom stereocenters. The van der Waals surface area contributed by atoms with Gasteiger partial charge in [-0.25, -0.2) is 9.78 Å². The molecular formula is C17H15N3O2. The molecule has 0 radical (unpaired) electrons. The van der Waals surface area contributed by atoms with Gasteiger partial charge in [0.05, 0.1) is 6.33 Å². The largest absolute Gasteiger partial charge is 0.419 e. The van der Waals surface area contributed by atoms with Gasteiger partial charge in [0, 0.05) is 30.8 Å². The lowest BCUT2D eigenvalue weighted by Crippen LogP contribution is -2.29. The van der Waals surface area contributed by atoms with Crippen molar-refractivity contribution in [3.8, 4) is 11.4 Å². The maximum Gasteiger partial charge on any atom is 0.419 e. The maximum atomic E-state index is 12.1. The van der Waals surface area contributed by atoms with Crippen LogP contribution in [0.5, 0.6) is 5.75 Å². The van der Waals surface area contributed by atoms with E-state index in [9.17, 15) is 4.79 Å². The average Bonchev–Trinajstić information content (AvgIpc) is 3.10. The van der Waals surface area contributed by atoms with Crippen molar-refractivity contribution < 1.29 is 9.53 Å². The Morgan fingerprint density at radius 1 is 1.09 bits per heavy atom. The second kappa shape index (κ2) is 6.13. The standard InChI is InChI=1S/C17H15N3O2/c1-19(14-5-3-2-4-6-14)17(21)22-16-9-7-15(8-10-16)20-12-11-18-13-20/h2-13H,1H3. The summed E-state index contributed by atoms with van der Waals surface area (Å²) in [4.78, 5) is 17.6. The summed E-state index contributed by atoms with van der Waals surface area (Å²) in [5.41, 5.74) is 1.73. The molecule has 0 aliphatic heterocycles. The fourth-order valence-corrected chi connectivity index (χ4v) is 2.02. The number of hydrogen-bond acceptors (Lipinski definition) is 3. The van der Waals surface area contributed by atoms with Crippen molar-refractivity contribution in [1.82, 2.24) is 9.55 Å². The quantitative estimate of drug-likeness (QED) is 0.742. The lowest BCUT2D eigenvalue weighted by atomic mass is 10.3. The fourth-order valence-electron chi connectivity index (χ4n) is 2.02. The number of amides is 1. The predicted molar refractivity (Wildman–Crippen MR) is 84.4 cm³/mol. The minimum absolute atomic E-state index is 0.429. The second-order valence-corrected chi connectivity index (χ2v) is 4.73. The number of anilines is 1. The number of aromatic nitrogens is 2. The normalized spacial score (nSPS) is 10.2. The smallest absolute Gasteiger partial charge is 0.410 e. The summed E-state index contributed by atoms with van der Waals surface area (Å²) in [7, 11) is 1.68. The Kier molecular flexibility index (Phi) is 3.87. The Morgan fingerprint density at radius 3 is 2.45 bits per heavy atom. The van der Waals surface area contributed by atoms with Gasteiger partial charge in [0.1, 0.15) is 5.75 Å². The van der Waals surface area contributed by atoms with Crippen molar-refractivity contribution in [3.05, 3.63) is 73.3 Å². The molecule has 1 aromatic heterocycles. The third-order valence-electron chi connectivity index (χ3n) is 3.26. The Hall–Kier alpha value is -3.08. The van der Waals surface area contributed by atoms with Crippen LogP contribution in [0.2, 0.25) is 0 Å². The number of rotatable bonds is 3. The van der Waals surface area contributed by atoms with E-state index in [-0.39, 0.29) is 0 Å². The van der Waals surface area contributed by atoms with Crippen LogP contribution in [-0.2, 0) is 0 Å². The highest BCUT2D eigenvalue weighted by Crippen LogP contribution is 2.18. The topological polar surface area (TPSA) is 47.4 Å². The van der Waals surface area contributed by atoms with E-state index in [4.69, 9.17) is 4.74 Å². The van der Waals surface area contributed by atoms with Gasteiger partial charge in [-0.1, -0.05) is 18.2 Å². The molecule has 5 heteroatoms. The molecule has 0 spiro atoms. The Bertz CT molecular complexity index is 737. The van der Waals surface area contributed by atoms with Gasteiger partial charge in [0.25, 0.3) is 0 Å². The SMILES string of the molecule is CN(C(=O)Oc1ccc(-n2ccnc2)cc1)c1ccccc1. The molecule has 1 amide bonds. The molecule has 0 atom stereocenters. The third-order valence-corrected chi connectivity index (χ3v) is 3.26. The molecule has 0 saturated carbocycles. The molecule has 3 aromatic rings. The van der Waals surface area contributed by atoms with Gasteiger partial charge in [-0.15, -0.1) is 0 Å². The van der Waals surface area contributed by atoms with Crippen LogP contribution < -0.4 is 9.64 Å². The van der Waals surface area contributed by atoms with Crippen molar-refractivity contribution in [3.63, 3.8) is 0 Å². The first-order valence-electron chi connectivity index (χ1n) is 6.83. The first-order chi connectivity index (χ1) is 10.7. The van der Waals surface area contributed by atoms with Crippen LogP contribution in [0.1, 0.15) is 0 Å². The van der Waals surface area contributed by atoms with Gasteiger partial charge in [0.2, 0.25) is 0 Å². The van der Waals surface area contributed by atoms with Crippen molar-refractivity contribution in [1.29, 1.82) is 0 Å². The average molecular weight is 293 g/mol. The molecule has 1 heterocycles. The first-order valence-corrected chi connectivity index (χ1v) is 6.83. The number of carbonyl (C=O) groups excluding carboxylic acids is 1. The number of hydrogen-bond donors (Lipinski definition) is 0. The second-order valence-electron chi connectivity index (χ2n) is 4.73. The van der Waals surface area contributed by atoms with Crippen LogP contribution >= 0.6 is 0 Å². The van der Waals surface area contributed by atoms with Crippen LogP contribution in [0, 0.1) is 0 Å². The Morgan fingerprint density at radius 2 is 1.82 bits per heavy atom. The van der Waals surface area contributed by atoms with Crippen LogP contribution in [0.25, 0.3) is 5.69 Å². The van der Waals surface area contributed by atoms with E-state index >= 15 is 0 Å². The summed E-state index contributed by atoms with van der Waals surface area (Å²) < 4.78 is 7.24. The highest BCUT2D eigenvalue weighted by Gasteiger charge is 2.12. The molecule has 22 heavy (non-hydrogen) atoms. The number of para-hydroxylation sites is 1. The monoisotopic (exact) mass is 293 g/mol. The zero-order chi connectivity index (χ0) is 15.4. The van der Waals surface area contributed by atoms with Gasteiger partial charge in [0.15, 0.2) is 0 Å². The summed E-state index contributed by atoms with van der Waals surface area (Å²) in [6.45, 7) is 0. The van der Waals surface area contributed by atoms with E-state index in [0.717, 1.165) is 11.4 Å². The fraction of sp³-hybridized carbons (Fsp3) is 0.0588.